The maximum Gasteiger partial charge on any atom is 0.221 e. The molecule has 20 heavy (non-hydrogen) atoms. The first-order valence-electron chi connectivity index (χ1n) is 6.41. The van der Waals surface area contributed by atoms with Crippen LogP contribution in [0.15, 0.2) is 46.9 Å². The highest BCUT2D eigenvalue weighted by atomic mass is 79.9. The molecule has 0 fully saturated rings. The number of anilines is 1. The molecule has 3 N–H and O–H groups in total. The summed E-state index contributed by atoms with van der Waals surface area (Å²) in [7, 11) is 0. The molecule has 0 bridgehead atoms. The Morgan fingerprint density at radius 2 is 2.00 bits per heavy atom. The number of carbonyl (C=O) groups excluding carboxylic acids is 1. The van der Waals surface area contributed by atoms with Crippen molar-refractivity contribution < 1.29 is 4.79 Å². The van der Waals surface area contributed by atoms with Crippen LogP contribution >= 0.6 is 15.9 Å². The molecular formula is C16H17BrN2O. The van der Waals surface area contributed by atoms with Crippen LogP contribution in [-0.4, -0.2) is 5.91 Å². The third-order valence-corrected chi connectivity index (χ3v) is 3.98. The third kappa shape index (κ3) is 3.84. The Hall–Kier alpha value is -1.81. The van der Waals surface area contributed by atoms with Gasteiger partial charge >= 0.3 is 0 Å². The van der Waals surface area contributed by atoms with Gasteiger partial charge in [0.15, 0.2) is 0 Å². The van der Waals surface area contributed by atoms with Crippen molar-refractivity contribution in [3.63, 3.8) is 0 Å². The molecule has 2 aromatic carbocycles. The van der Waals surface area contributed by atoms with Gasteiger partial charge in [0.05, 0.1) is 6.42 Å². The quantitative estimate of drug-likeness (QED) is 0.881. The van der Waals surface area contributed by atoms with Gasteiger partial charge in [0.1, 0.15) is 0 Å². The van der Waals surface area contributed by atoms with Crippen LogP contribution < -0.4 is 11.1 Å². The predicted octanol–water partition coefficient (Wildman–Crippen LogP) is 3.40. The van der Waals surface area contributed by atoms with Crippen LogP contribution in [0.1, 0.15) is 16.7 Å². The lowest BCUT2D eigenvalue weighted by molar-refractivity contribution is -0.117. The van der Waals surface area contributed by atoms with E-state index in [2.05, 4.69) is 40.3 Å². The van der Waals surface area contributed by atoms with Crippen molar-refractivity contribution in [2.24, 2.45) is 5.73 Å². The molecule has 0 saturated heterocycles. The minimum atomic E-state index is -0.321. The first-order chi connectivity index (χ1) is 9.56. The van der Waals surface area contributed by atoms with Crippen LogP contribution in [0, 0.1) is 6.92 Å². The smallest absolute Gasteiger partial charge is 0.221 e. The van der Waals surface area contributed by atoms with Crippen molar-refractivity contribution >= 4 is 27.5 Å². The molecular weight excluding hydrogens is 316 g/mol. The predicted molar refractivity (Wildman–Crippen MR) is 85.5 cm³/mol. The number of nitrogens with two attached hydrogens (primary N) is 1. The van der Waals surface area contributed by atoms with Crippen LogP contribution in [0.4, 0.5) is 5.69 Å². The van der Waals surface area contributed by atoms with E-state index >= 15 is 0 Å². The number of hydrogen-bond donors (Lipinski definition) is 2. The van der Waals surface area contributed by atoms with E-state index in [1.165, 1.54) is 11.1 Å². The number of benzene rings is 2. The molecule has 0 heterocycles. The average molecular weight is 333 g/mol. The summed E-state index contributed by atoms with van der Waals surface area (Å²) >= 11 is 3.49. The summed E-state index contributed by atoms with van der Waals surface area (Å²) in [5.74, 6) is -0.321. The van der Waals surface area contributed by atoms with Gasteiger partial charge in [-0.1, -0.05) is 46.3 Å². The van der Waals surface area contributed by atoms with E-state index < -0.39 is 0 Å². The zero-order valence-corrected chi connectivity index (χ0v) is 12.9. The van der Waals surface area contributed by atoms with Gasteiger partial charge in [-0.3, -0.25) is 4.79 Å². The van der Waals surface area contributed by atoms with Crippen LogP contribution in [0.5, 0.6) is 0 Å². The lowest BCUT2D eigenvalue weighted by Gasteiger charge is -2.12. The first-order valence-corrected chi connectivity index (χ1v) is 7.20. The van der Waals surface area contributed by atoms with E-state index in [1.54, 1.807) is 0 Å². The van der Waals surface area contributed by atoms with Crippen molar-refractivity contribution in [1.29, 1.82) is 0 Å². The maximum absolute atomic E-state index is 11.1. The molecule has 4 heteroatoms. The summed E-state index contributed by atoms with van der Waals surface area (Å²) in [5, 5.41) is 3.36. The van der Waals surface area contributed by atoms with Crippen LogP contribution in [-0.2, 0) is 17.8 Å². The molecule has 3 nitrogen and oxygen atoms in total. The Morgan fingerprint density at radius 1 is 1.25 bits per heavy atom. The topological polar surface area (TPSA) is 55.1 Å². The molecule has 2 aromatic rings. The second-order valence-corrected chi connectivity index (χ2v) is 5.59. The molecule has 0 aliphatic heterocycles. The normalized spacial score (nSPS) is 10.3. The number of nitrogens with one attached hydrogen (secondary N) is 1. The highest BCUT2D eigenvalue weighted by Gasteiger charge is 2.05. The lowest BCUT2D eigenvalue weighted by Crippen LogP contribution is -2.15. The van der Waals surface area contributed by atoms with E-state index in [-0.39, 0.29) is 12.3 Å². The van der Waals surface area contributed by atoms with Crippen molar-refractivity contribution in [1.82, 2.24) is 0 Å². The van der Waals surface area contributed by atoms with Crippen molar-refractivity contribution in [2.75, 3.05) is 5.32 Å². The highest BCUT2D eigenvalue weighted by molar-refractivity contribution is 9.10. The SMILES string of the molecule is Cc1cc(CNc2ccccc2CC(N)=O)ccc1Br. The summed E-state index contributed by atoms with van der Waals surface area (Å²) in [6.45, 7) is 2.78. The molecule has 0 aliphatic rings. The molecule has 0 aromatic heterocycles. The molecule has 0 saturated carbocycles. The van der Waals surface area contributed by atoms with Crippen LogP contribution in [0.3, 0.4) is 0 Å². The van der Waals surface area contributed by atoms with Gasteiger partial charge in [0.2, 0.25) is 5.91 Å². The summed E-state index contributed by atoms with van der Waals surface area (Å²) in [6, 6.07) is 14.0. The van der Waals surface area contributed by atoms with Gasteiger partial charge in [-0.15, -0.1) is 0 Å². The van der Waals surface area contributed by atoms with Gasteiger partial charge in [-0.05, 0) is 35.7 Å². The molecule has 0 atom stereocenters. The minimum Gasteiger partial charge on any atom is -0.381 e. The standard InChI is InChI=1S/C16H17BrN2O/c1-11-8-12(6-7-14(11)17)10-19-15-5-3-2-4-13(15)9-16(18)20/h2-8,19H,9-10H2,1H3,(H2,18,20). The molecule has 0 aliphatic carbocycles. The van der Waals surface area contributed by atoms with Crippen molar-refractivity contribution in [3.8, 4) is 0 Å². The van der Waals surface area contributed by atoms with Crippen molar-refractivity contribution in [2.45, 2.75) is 19.9 Å². The molecule has 0 radical (unpaired) electrons. The molecule has 104 valence electrons. The number of hydrogen-bond acceptors (Lipinski definition) is 2. The Kier molecular flexibility index (Phi) is 4.79. The van der Waals surface area contributed by atoms with Gasteiger partial charge in [-0.2, -0.15) is 0 Å². The van der Waals surface area contributed by atoms with E-state index in [1.807, 2.05) is 30.3 Å². The summed E-state index contributed by atoms with van der Waals surface area (Å²) in [5.41, 5.74) is 9.54. The fourth-order valence-electron chi connectivity index (χ4n) is 2.05. The van der Waals surface area contributed by atoms with Crippen molar-refractivity contribution in [3.05, 3.63) is 63.6 Å². The summed E-state index contributed by atoms with van der Waals surface area (Å²) in [6.07, 6.45) is 0.253. The summed E-state index contributed by atoms with van der Waals surface area (Å²) in [4.78, 5) is 11.1. The second-order valence-electron chi connectivity index (χ2n) is 4.74. The van der Waals surface area contributed by atoms with Gasteiger partial charge in [0, 0.05) is 16.7 Å². The summed E-state index contributed by atoms with van der Waals surface area (Å²) < 4.78 is 1.11. The van der Waals surface area contributed by atoms with Gasteiger partial charge in [0.25, 0.3) is 0 Å². The number of aryl methyl sites for hydroxylation is 1. The van der Waals surface area contributed by atoms with Gasteiger partial charge < -0.3 is 11.1 Å². The number of para-hydroxylation sites is 1. The number of primary amides is 1. The zero-order chi connectivity index (χ0) is 14.5. The average Bonchev–Trinajstić information content (AvgIpc) is 2.41. The fourth-order valence-corrected chi connectivity index (χ4v) is 2.30. The Labute approximate surface area is 127 Å². The van der Waals surface area contributed by atoms with E-state index in [0.29, 0.717) is 6.54 Å². The van der Waals surface area contributed by atoms with E-state index in [4.69, 9.17) is 5.73 Å². The van der Waals surface area contributed by atoms with Crippen LogP contribution in [0.2, 0.25) is 0 Å². The molecule has 2 rings (SSSR count). The molecule has 0 unspecified atom stereocenters. The Bertz CT molecular complexity index is 626. The number of halogens is 1. The van der Waals surface area contributed by atoms with Gasteiger partial charge in [-0.25, -0.2) is 0 Å². The molecule has 1 amide bonds. The Morgan fingerprint density at radius 3 is 2.70 bits per heavy atom. The fraction of sp³-hybridized carbons (Fsp3) is 0.188. The largest absolute Gasteiger partial charge is 0.381 e. The highest BCUT2D eigenvalue weighted by Crippen LogP contribution is 2.20. The first kappa shape index (κ1) is 14.6. The molecule has 0 spiro atoms. The number of carbonyl (C=O) groups is 1. The monoisotopic (exact) mass is 332 g/mol. The maximum atomic E-state index is 11.1. The second kappa shape index (κ2) is 6.57. The minimum absolute atomic E-state index is 0.253. The van der Waals surface area contributed by atoms with E-state index in [0.717, 1.165) is 15.7 Å². The van der Waals surface area contributed by atoms with Crippen LogP contribution in [0.25, 0.3) is 0 Å². The third-order valence-electron chi connectivity index (χ3n) is 3.09. The van der Waals surface area contributed by atoms with E-state index in [9.17, 15) is 4.79 Å². The Balaban J connectivity index is 2.10. The number of amides is 1. The number of rotatable bonds is 5. The lowest BCUT2D eigenvalue weighted by atomic mass is 10.1. The zero-order valence-electron chi connectivity index (χ0n) is 11.3.